The standard InChI is InChI=1S/C22H26FN5O4/c1-13-15(11-25-28-13)3-2-8-24-22(30)27-18-10-16(5-6-17(18)23)26-21(29)14-4-7-19-20(9-14)32-12-31-19/h4-7,9-10,13,15,25,28H,2-3,8,11-12H2,1H3,(H,26,29)(H2,24,27,30). The highest BCUT2D eigenvalue weighted by Crippen LogP contribution is 2.32. The molecule has 3 amide bonds. The maximum Gasteiger partial charge on any atom is 0.319 e. The first kappa shape index (κ1) is 21.8. The molecule has 32 heavy (non-hydrogen) atoms. The van der Waals surface area contributed by atoms with Gasteiger partial charge < -0.3 is 25.4 Å². The third kappa shape index (κ3) is 5.27. The molecule has 0 saturated carbocycles. The van der Waals surface area contributed by atoms with E-state index in [0.29, 0.717) is 41.3 Å². The summed E-state index contributed by atoms with van der Waals surface area (Å²) in [6.07, 6.45) is 1.79. The van der Waals surface area contributed by atoms with Gasteiger partial charge in [-0.3, -0.25) is 15.6 Å². The van der Waals surface area contributed by atoms with Gasteiger partial charge in [0.2, 0.25) is 6.79 Å². The Hall–Kier alpha value is -3.37. The Kier molecular flexibility index (Phi) is 6.72. The van der Waals surface area contributed by atoms with Gasteiger partial charge in [-0.05, 0) is 62.1 Å². The maximum absolute atomic E-state index is 14.2. The summed E-state index contributed by atoms with van der Waals surface area (Å²) >= 11 is 0. The Morgan fingerprint density at radius 2 is 1.97 bits per heavy atom. The highest BCUT2D eigenvalue weighted by Gasteiger charge is 2.22. The van der Waals surface area contributed by atoms with Crippen LogP contribution in [-0.2, 0) is 0 Å². The van der Waals surface area contributed by atoms with Crippen molar-refractivity contribution in [2.45, 2.75) is 25.8 Å². The molecule has 0 spiro atoms. The van der Waals surface area contributed by atoms with Gasteiger partial charge in [0.05, 0.1) is 5.69 Å². The molecule has 0 aliphatic carbocycles. The van der Waals surface area contributed by atoms with Crippen molar-refractivity contribution in [3.8, 4) is 11.5 Å². The van der Waals surface area contributed by atoms with Crippen molar-refractivity contribution >= 4 is 23.3 Å². The molecule has 2 aromatic carbocycles. The molecule has 2 unspecified atom stereocenters. The molecule has 2 aliphatic heterocycles. The molecule has 2 heterocycles. The Balaban J connectivity index is 1.29. The van der Waals surface area contributed by atoms with Crippen LogP contribution >= 0.6 is 0 Å². The Bertz CT molecular complexity index is 1000. The SMILES string of the molecule is CC1NNCC1CCCNC(=O)Nc1cc(NC(=O)c2ccc3c(c2)OCO3)ccc1F. The zero-order chi connectivity index (χ0) is 22.5. The zero-order valence-corrected chi connectivity index (χ0v) is 17.7. The molecule has 1 saturated heterocycles. The lowest BCUT2D eigenvalue weighted by molar-refractivity contribution is 0.102. The number of benzene rings is 2. The van der Waals surface area contributed by atoms with Crippen molar-refractivity contribution in [3.63, 3.8) is 0 Å². The second-order valence-electron chi connectivity index (χ2n) is 7.81. The summed E-state index contributed by atoms with van der Waals surface area (Å²) in [5.41, 5.74) is 6.97. The van der Waals surface area contributed by atoms with E-state index in [1.54, 1.807) is 18.2 Å². The molecule has 4 rings (SSSR count). The molecule has 9 nitrogen and oxygen atoms in total. The number of ether oxygens (including phenoxy) is 2. The van der Waals surface area contributed by atoms with Crippen molar-refractivity contribution in [3.05, 3.63) is 47.8 Å². The summed E-state index contributed by atoms with van der Waals surface area (Å²) in [6, 6.07) is 8.72. The molecule has 1 fully saturated rings. The lowest BCUT2D eigenvalue weighted by Crippen LogP contribution is -2.31. The largest absolute Gasteiger partial charge is 0.454 e. The van der Waals surface area contributed by atoms with Gasteiger partial charge in [-0.1, -0.05) is 0 Å². The average Bonchev–Trinajstić information content (AvgIpc) is 3.41. The Labute approximate surface area is 185 Å². The number of anilines is 2. The van der Waals surface area contributed by atoms with E-state index in [2.05, 4.69) is 33.7 Å². The van der Waals surface area contributed by atoms with E-state index in [0.717, 1.165) is 19.4 Å². The molecular formula is C22H26FN5O4. The minimum Gasteiger partial charge on any atom is -0.454 e. The molecule has 2 atom stereocenters. The van der Waals surface area contributed by atoms with E-state index in [1.807, 2.05) is 0 Å². The maximum atomic E-state index is 14.2. The van der Waals surface area contributed by atoms with Crippen molar-refractivity contribution in [1.29, 1.82) is 0 Å². The number of hydrogen-bond acceptors (Lipinski definition) is 6. The first-order valence-corrected chi connectivity index (χ1v) is 10.5. The number of fused-ring (bicyclic) bond motifs is 1. The summed E-state index contributed by atoms with van der Waals surface area (Å²) in [4.78, 5) is 24.7. The minimum atomic E-state index is -0.599. The lowest BCUT2D eigenvalue weighted by atomic mass is 9.98. The third-order valence-electron chi connectivity index (χ3n) is 5.55. The fourth-order valence-corrected chi connectivity index (χ4v) is 3.67. The van der Waals surface area contributed by atoms with Crippen LogP contribution in [0.4, 0.5) is 20.6 Å². The first-order valence-electron chi connectivity index (χ1n) is 10.5. The highest BCUT2D eigenvalue weighted by atomic mass is 19.1. The monoisotopic (exact) mass is 443 g/mol. The second kappa shape index (κ2) is 9.84. The van der Waals surface area contributed by atoms with E-state index in [9.17, 15) is 14.0 Å². The molecule has 2 aromatic rings. The summed E-state index contributed by atoms with van der Waals surface area (Å²) in [5, 5.41) is 7.93. The van der Waals surface area contributed by atoms with Gasteiger partial charge in [0.25, 0.3) is 5.91 Å². The summed E-state index contributed by atoms with van der Waals surface area (Å²) in [5.74, 6) is 0.591. The zero-order valence-electron chi connectivity index (χ0n) is 17.7. The number of carbonyl (C=O) groups excluding carboxylic acids is 2. The van der Waals surface area contributed by atoms with Gasteiger partial charge in [0.15, 0.2) is 11.5 Å². The molecule has 0 radical (unpaired) electrons. The number of rotatable bonds is 7. The Morgan fingerprint density at radius 1 is 1.12 bits per heavy atom. The minimum absolute atomic E-state index is 0.0243. The number of amides is 3. The average molecular weight is 443 g/mol. The van der Waals surface area contributed by atoms with E-state index >= 15 is 0 Å². The van der Waals surface area contributed by atoms with Gasteiger partial charge in [-0.2, -0.15) is 0 Å². The van der Waals surface area contributed by atoms with E-state index in [1.165, 1.54) is 18.2 Å². The van der Waals surface area contributed by atoms with Gasteiger partial charge >= 0.3 is 6.03 Å². The van der Waals surface area contributed by atoms with Crippen LogP contribution in [0.25, 0.3) is 0 Å². The van der Waals surface area contributed by atoms with Crippen LogP contribution in [0.5, 0.6) is 11.5 Å². The normalized spacial score (nSPS) is 18.9. The number of urea groups is 1. The van der Waals surface area contributed by atoms with E-state index in [-0.39, 0.29) is 12.5 Å². The second-order valence-corrected chi connectivity index (χ2v) is 7.81. The molecular weight excluding hydrogens is 417 g/mol. The highest BCUT2D eigenvalue weighted by molar-refractivity contribution is 6.05. The molecule has 0 bridgehead atoms. The summed E-state index contributed by atoms with van der Waals surface area (Å²) in [6.45, 7) is 3.62. The van der Waals surface area contributed by atoms with Crippen molar-refractivity contribution < 1.29 is 23.5 Å². The van der Waals surface area contributed by atoms with Crippen LogP contribution in [0.2, 0.25) is 0 Å². The molecule has 5 N–H and O–H groups in total. The van der Waals surface area contributed by atoms with Crippen molar-refractivity contribution in [2.24, 2.45) is 5.92 Å². The lowest BCUT2D eigenvalue weighted by Gasteiger charge is -2.14. The first-order chi connectivity index (χ1) is 15.5. The van der Waals surface area contributed by atoms with Crippen LogP contribution in [-0.4, -0.2) is 37.9 Å². The number of hydrazine groups is 1. The quantitative estimate of drug-likeness (QED) is 0.421. The predicted molar refractivity (Wildman–Crippen MR) is 117 cm³/mol. The topological polar surface area (TPSA) is 113 Å². The molecule has 2 aliphatic rings. The van der Waals surface area contributed by atoms with Gasteiger partial charge in [-0.25, -0.2) is 9.18 Å². The molecule has 0 aromatic heterocycles. The van der Waals surface area contributed by atoms with Crippen LogP contribution in [0, 0.1) is 11.7 Å². The Morgan fingerprint density at radius 3 is 2.78 bits per heavy atom. The van der Waals surface area contributed by atoms with Crippen LogP contribution < -0.4 is 36.3 Å². The van der Waals surface area contributed by atoms with Crippen LogP contribution in [0.1, 0.15) is 30.1 Å². The number of carbonyl (C=O) groups is 2. The predicted octanol–water partition coefficient (Wildman–Crippen LogP) is 2.82. The summed E-state index contributed by atoms with van der Waals surface area (Å²) < 4.78 is 24.7. The fourth-order valence-electron chi connectivity index (χ4n) is 3.67. The fraction of sp³-hybridized carbons (Fsp3) is 0.364. The van der Waals surface area contributed by atoms with Gasteiger partial charge in [0, 0.05) is 30.4 Å². The summed E-state index contributed by atoms with van der Waals surface area (Å²) in [7, 11) is 0. The third-order valence-corrected chi connectivity index (χ3v) is 5.55. The van der Waals surface area contributed by atoms with Crippen LogP contribution in [0.15, 0.2) is 36.4 Å². The van der Waals surface area contributed by atoms with E-state index in [4.69, 9.17) is 9.47 Å². The number of nitrogens with one attached hydrogen (secondary N) is 5. The molecule has 10 heteroatoms. The van der Waals surface area contributed by atoms with E-state index < -0.39 is 17.8 Å². The van der Waals surface area contributed by atoms with Crippen LogP contribution in [0.3, 0.4) is 0 Å². The smallest absolute Gasteiger partial charge is 0.319 e. The number of halogens is 1. The van der Waals surface area contributed by atoms with Crippen molar-refractivity contribution in [1.82, 2.24) is 16.2 Å². The van der Waals surface area contributed by atoms with Gasteiger partial charge in [-0.15, -0.1) is 0 Å². The molecule has 170 valence electrons. The number of hydrogen-bond donors (Lipinski definition) is 5. The van der Waals surface area contributed by atoms with Gasteiger partial charge in [0.1, 0.15) is 5.82 Å². The van der Waals surface area contributed by atoms with Crippen molar-refractivity contribution in [2.75, 3.05) is 30.5 Å².